The van der Waals surface area contributed by atoms with E-state index in [2.05, 4.69) is 4.72 Å². The van der Waals surface area contributed by atoms with E-state index in [0.717, 1.165) is 4.90 Å². The van der Waals surface area contributed by atoms with Crippen LogP contribution in [0, 0.1) is 0 Å². The fourth-order valence-corrected chi connectivity index (χ4v) is 3.07. The number of ether oxygens (including phenoxy) is 1. The van der Waals surface area contributed by atoms with E-state index < -0.39 is 27.2 Å². The molecular formula is C9H14N2O5S. The van der Waals surface area contributed by atoms with E-state index in [1.807, 2.05) is 0 Å². The Morgan fingerprint density at radius 2 is 2.00 bits per heavy atom. The number of likely N-dealkylation sites (N-methyl/N-ethyl adjacent to an activating group) is 1. The maximum absolute atomic E-state index is 11.8. The number of hydrogen-bond donors (Lipinski definition) is 1. The molecule has 1 N–H and O–H groups in total. The summed E-state index contributed by atoms with van der Waals surface area (Å²) < 4.78 is 30.7. The van der Waals surface area contributed by atoms with Crippen molar-refractivity contribution in [2.24, 2.45) is 0 Å². The number of amides is 2. The topological polar surface area (TPSA) is 92.8 Å². The van der Waals surface area contributed by atoms with Gasteiger partial charge in [0.2, 0.25) is 21.8 Å². The van der Waals surface area contributed by atoms with Crippen LogP contribution in [0.3, 0.4) is 0 Å². The van der Waals surface area contributed by atoms with Gasteiger partial charge in [-0.3, -0.25) is 14.5 Å². The summed E-state index contributed by atoms with van der Waals surface area (Å²) in [5, 5.41) is -0.585. The van der Waals surface area contributed by atoms with Gasteiger partial charge in [0.05, 0.1) is 13.2 Å². The largest absolute Gasteiger partial charge is 0.378 e. The van der Waals surface area contributed by atoms with Gasteiger partial charge in [0.15, 0.2) is 0 Å². The Morgan fingerprint density at radius 1 is 1.35 bits per heavy atom. The summed E-state index contributed by atoms with van der Waals surface area (Å²) in [6.45, 7) is 0.316. The monoisotopic (exact) mass is 262 g/mol. The van der Waals surface area contributed by atoms with Crippen LogP contribution in [0.2, 0.25) is 0 Å². The van der Waals surface area contributed by atoms with Gasteiger partial charge in [0.1, 0.15) is 11.3 Å². The number of sulfonamides is 1. The van der Waals surface area contributed by atoms with Crippen LogP contribution >= 0.6 is 0 Å². The van der Waals surface area contributed by atoms with Gasteiger partial charge in [-0.25, -0.2) is 13.1 Å². The Morgan fingerprint density at radius 3 is 2.53 bits per heavy atom. The lowest BCUT2D eigenvalue weighted by Gasteiger charge is -2.31. The van der Waals surface area contributed by atoms with Gasteiger partial charge in [0, 0.05) is 13.5 Å². The standard InChI is InChI=1S/C9H14N2O5S/c1-11-8(12)3-2-7(9(11)13)10-17(14,15)6-4-16-5-6/h6-7,10H,2-5H2,1H3. The average Bonchev–Trinajstić information content (AvgIpc) is 2.15. The number of likely N-dealkylation sites (tertiary alicyclic amines) is 1. The number of carbonyl (C=O) groups excluding carboxylic acids is 2. The first-order valence-electron chi connectivity index (χ1n) is 5.31. The van der Waals surface area contributed by atoms with Crippen molar-refractivity contribution >= 4 is 21.8 Å². The quantitative estimate of drug-likeness (QED) is 0.622. The fourth-order valence-electron chi connectivity index (χ4n) is 1.71. The summed E-state index contributed by atoms with van der Waals surface area (Å²) in [6.07, 6.45) is 0.394. The third-order valence-electron chi connectivity index (χ3n) is 3.00. The average molecular weight is 262 g/mol. The molecule has 2 aliphatic heterocycles. The minimum atomic E-state index is -3.53. The summed E-state index contributed by atoms with van der Waals surface area (Å²) in [5.74, 6) is -0.775. The Kier molecular flexibility index (Phi) is 3.19. The van der Waals surface area contributed by atoms with Crippen LogP contribution in [0.4, 0.5) is 0 Å². The molecule has 0 bridgehead atoms. The van der Waals surface area contributed by atoms with Gasteiger partial charge >= 0.3 is 0 Å². The first-order chi connectivity index (χ1) is 7.92. The van der Waals surface area contributed by atoms with Crippen molar-refractivity contribution in [1.82, 2.24) is 9.62 Å². The minimum absolute atomic E-state index is 0.158. The molecule has 7 nitrogen and oxygen atoms in total. The zero-order valence-corrected chi connectivity index (χ0v) is 10.2. The van der Waals surface area contributed by atoms with Crippen LogP contribution in [-0.4, -0.2) is 56.7 Å². The summed E-state index contributed by atoms with van der Waals surface area (Å²) in [6, 6.07) is -0.830. The lowest BCUT2D eigenvalue weighted by Crippen LogP contribution is -2.56. The van der Waals surface area contributed by atoms with Gasteiger partial charge in [0.25, 0.3) is 0 Å². The molecule has 2 amide bonds. The zero-order valence-electron chi connectivity index (χ0n) is 9.38. The summed E-state index contributed by atoms with van der Waals surface area (Å²) in [5.41, 5.74) is 0. The SMILES string of the molecule is CN1C(=O)CCC(NS(=O)(=O)C2COC2)C1=O. The lowest BCUT2D eigenvalue weighted by molar-refractivity contribution is -0.147. The van der Waals surface area contributed by atoms with Gasteiger partial charge < -0.3 is 4.74 Å². The number of nitrogens with zero attached hydrogens (tertiary/aromatic N) is 1. The Balaban J connectivity index is 2.04. The normalized spacial score (nSPS) is 27.1. The number of piperidine rings is 1. The van der Waals surface area contributed by atoms with Crippen LogP contribution in [0.1, 0.15) is 12.8 Å². The molecular weight excluding hydrogens is 248 g/mol. The molecule has 1 unspecified atom stereocenters. The van der Waals surface area contributed by atoms with Crippen LogP contribution in [0.25, 0.3) is 0 Å². The Labute approximate surface area is 99.2 Å². The van der Waals surface area contributed by atoms with E-state index in [4.69, 9.17) is 4.74 Å². The van der Waals surface area contributed by atoms with E-state index in [0.29, 0.717) is 0 Å². The molecule has 8 heteroatoms. The minimum Gasteiger partial charge on any atom is -0.378 e. The molecule has 0 aromatic carbocycles. The fraction of sp³-hybridized carbons (Fsp3) is 0.778. The number of rotatable bonds is 3. The number of imide groups is 1. The van der Waals surface area contributed by atoms with Crippen LogP contribution < -0.4 is 4.72 Å². The van der Waals surface area contributed by atoms with Gasteiger partial charge in [-0.1, -0.05) is 0 Å². The maximum Gasteiger partial charge on any atom is 0.247 e. The van der Waals surface area contributed by atoms with Crippen molar-refractivity contribution in [1.29, 1.82) is 0 Å². The van der Waals surface area contributed by atoms with Gasteiger partial charge in [-0.05, 0) is 6.42 Å². The molecule has 2 heterocycles. The van der Waals surface area contributed by atoms with Crippen LogP contribution in [0.5, 0.6) is 0 Å². The van der Waals surface area contributed by atoms with Crippen LogP contribution in [-0.2, 0) is 24.3 Å². The second kappa shape index (κ2) is 4.35. The zero-order chi connectivity index (χ0) is 12.6. The predicted octanol–water partition coefficient (Wildman–Crippen LogP) is -1.55. The molecule has 0 spiro atoms. The van der Waals surface area contributed by atoms with Crippen molar-refractivity contribution in [2.75, 3.05) is 20.3 Å². The highest BCUT2D eigenvalue weighted by Gasteiger charge is 2.39. The molecule has 0 aliphatic carbocycles. The molecule has 0 aromatic heterocycles. The maximum atomic E-state index is 11.8. The Hall–Kier alpha value is -0.990. The molecule has 2 fully saturated rings. The van der Waals surface area contributed by atoms with E-state index in [1.165, 1.54) is 7.05 Å². The molecule has 0 aromatic rings. The smallest absolute Gasteiger partial charge is 0.247 e. The molecule has 17 heavy (non-hydrogen) atoms. The third kappa shape index (κ3) is 2.33. The first kappa shape index (κ1) is 12.5. The summed E-state index contributed by atoms with van der Waals surface area (Å²) >= 11 is 0. The Bertz CT molecular complexity index is 442. The molecule has 2 saturated heterocycles. The summed E-state index contributed by atoms with van der Waals surface area (Å²) in [7, 11) is -2.17. The van der Waals surface area contributed by atoms with E-state index >= 15 is 0 Å². The molecule has 0 saturated carbocycles. The van der Waals surface area contributed by atoms with E-state index in [-0.39, 0.29) is 32.0 Å². The number of nitrogens with one attached hydrogen (secondary N) is 1. The second-order valence-corrected chi connectivity index (χ2v) is 6.20. The highest BCUT2D eigenvalue weighted by molar-refractivity contribution is 7.90. The highest BCUT2D eigenvalue weighted by Crippen LogP contribution is 2.16. The van der Waals surface area contributed by atoms with Gasteiger partial charge in [-0.15, -0.1) is 0 Å². The first-order valence-corrected chi connectivity index (χ1v) is 6.86. The second-order valence-electron chi connectivity index (χ2n) is 4.20. The highest BCUT2D eigenvalue weighted by atomic mass is 32.2. The number of hydrogen-bond acceptors (Lipinski definition) is 5. The van der Waals surface area contributed by atoms with Gasteiger partial charge in [-0.2, -0.15) is 0 Å². The lowest BCUT2D eigenvalue weighted by atomic mass is 10.1. The molecule has 2 aliphatic rings. The van der Waals surface area contributed by atoms with E-state index in [1.54, 1.807) is 0 Å². The van der Waals surface area contributed by atoms with Crippen molar-refractivity contribution in [3.63, 3.8) is 0 Å². The van der Waals surface area contributed by atoms with Crippen molar-refractivity contribution in [3.8, 4) is 0 Å². The molecule has 0 radical (unpaired) electrons. The van der Waals surface area contributed by atoms with Crippen LogP contribution in [0.15, 0.2) is 0 Å². The molecule has 1 atom stereocenters. The number of carbonyl (C=O) groups is 2. The molecule has 2 rings (SSSR count). The van der Waals surface area contributed by atoms with Crippen molar-refractivity contribution in [3.05, 3.63) is 0 Å². The molecule has 96 valence electrons. The van der Waals surface area contributed by atoms with E-state index in [9.17, 15) is 18.0 Å². The van der Waals surface area contributed by atoms with Crippen molar-refractivity contribution < 1.29 is 22.7 Å². The predicted molar refractivity (Wildman–Crippen MR) is 57.5 cm³/mol. The van der Waals surface area contributed by atoms with Crippen molar-refractivity contribution in [2.45, 2.75) is 24.1 Å². The third-order valence-corrected chi connectivity index (χ3v) is 4.77. The summed E-state index contributed by atoms with van der Waals surface area (Å²) in [4.78, 5) is 23.9.